The van der Waals surface area contributed by atoms with Gasteiger partial charge < -0.3 is 15.4 Å². The normalized spacial score (nSPS) is 19.7. The van der Waals surface area contributed by atoms with E-state index in [0.29, 0.717) is 24.5 Å². The summed E-state index contributed by atoms with van der Waals surface area (Å²) in [6.45, 7) is 6.76. The molecule has 9 heteroatoms. The van der Waals surface area contributed by atoms with Crippen LogP contribution in [0, 0.1) is 13.8 Å². The zero-order chi connectivity index (χ0) is 21.4. The van der Waals surface area contributed by atoms with Crippen LogP contribution < -0.4 is 15.4 Å². The molecular formula is C21H27ClN6O2. The van der Waals surface area contributed by atoms with Crippen molar-refractivity contribution in [1.29, 1.82) is 0 Å². The summed E-state index contributed by atoms with van der Waals surface area (Å²) < 4.78 is 5.56. The molecule has 0 radical (unpaired) electrons. The highest BCUT2D eigenvalue weighted by atomic mass is 35.5. The Labute approximate surface area is 181 Å². The molecule has 2 aliphatic heterocycles. The molecule has 0 aromatic carbocycles. The molecule has 1 atom stereocenters. The van der Waals surface area contributed by atoms with Gasteiger partial charge in [0.2, 0.25) is 5.95 Å². The first-order valence-corrected chi connectivity index (χ1v) is 10.6. The molecule has 0 bridgehead atoms. The number of Topliss-reactive ketones (excluding diaryl/α,β-unsaturated/α-hetero) is 1. The van der Waals surface area contributed by atoms with Gasteiger partial charge in [-0.2, -0.15) is 4.98 Å². The number of methoxy groups -OCH3 is 1. The Morgan fingerprint density at radius 1 is 1.23 bits per heavy atom. The molecule has 2 aliphatic rings. The van der Waals surface area contributed by atoms with Gasteiger partial charge in [-0.15, -0.1) is 0 Å². The highest BCUT2D eigenvalue weighted by molar-refractivity contribution is 6.34. The van der Waals surface area contributed by atoms with Gasteiger partial charge in [-0.1, -0.05) is 18.0 Å². The topological polar surface area (TPSA) is 97.5 Å². The van der Waals surface area contributed by atoms with Crippen LogP contribution >= 0.6 is 11.6 Å². The maximum atomic E-state index is 13.3. The van der Waals surface area contributed by atoms with Crippen molar-refractivity contribution < 1.29 is 9.53 Å². The van der Waals surface area contributed by atoms with Crippen LogP contribution in [-0.4, -0.2) is 58.4 Å². The second-order valence-electron chi connectivity index (χ2n) is 7.97. The van der Waals surface area contributed by atoms with Crippen LogP contribution in [0.3, 0.4) is 0 Å². The summed E-state index contributed by atoms with van der Waals surface area (Å²) in [5.41, 5.74) is 9.03. The lowest BCUT2D eigenvalue weighted by molar-refractivity contribution is 0.0778. The quantitative estimate of drug-likeness (QED) is 0.739. The van der Waals surface area contributed by atoms with E-state index in [2.05, 4.69) is 19.9 Å². The Morgan fingerprint density at radius 2 is 1.97 bits per heavy atom. The van der Waals surface area contributed by atoms with Crippen molar-refractivity contribution >= 4 is 29.2 Å². The van der Waals surface area contributed by atoms with E-state index in [1.807, 2.05) is 18.7 Å². The summed E-state index contributed by atoms with van der Waals surface area (Å²) in [5, 5.41) is 0.111. The Balaban J connectivity index is 1.75. The lowest BCUT2D eigenvalue weighted by Crippen LogP contribution is -2.54. The smallest absolute Gasteiger partial charge is 0.223 e. The maximum Gasteiger partial charge on any atom is 0.223 e. The van der Waals surface area contributed by atoms with Crippen LogP contribution in [0.1, 0.15) is 46.4 Å². The number of rotatable bonds is 4. The van der Waals surface area contributed by atoms with Gasteiger partial charge >= 0.3 is 0 Å². The van der Waals surface area contributed by atoms with Crippen molar-refractivity contribution in [3.63, 3.8) is 0 Å². The zero-order valence-electron chi connectivity index (χ0n) is 17.6. The van der Waals surface area contributed by atoms with Crippen molar-refractivity contribution in [2.24, 2.45) is 0 Å². The lowest BCUT2D eigenvalue weighted by atomic mass is 9.96. The van der Waals surface area contributed by atoms with E-state index in [9.17, 15) is 4.79 Å². The zero-order valence-corrected chi connectivity index (χ0v) is 18.4. The summed E-state index contributed by atoms with van der Waals surface area (Å²) in [6.07, 6.45) is 5.20. The van der Waals surface area contributed by atoms with Crippen molar-refractivity contribution in [2.45, 2.75) is 45.7 Å². The van der Waals surface area contributed by atoms with E-state index in [0.717, 1.165) is 48.5 Å². The molecular weight excluding hydrogens is 404 g/mol. The molecule has 0 amide bonds. The average Bonchev–Trinajstić information content (AvgIpc) is 2.72. The number of nitrogens with two attached hydrogens (primary N) is 1. The molecule has 2 N–H and O–H groups in total. The number of nitrogen functional groups attached to an aromatic ring is 1. The number of ether oxygens (including phenoxy) is 1. The molecule has 2 aromatic heterocycles. The SMILES string of the molecule is COc1c(C)cnc(CN2CC(N3CCCCC3)C(=O)c3c(Cl)nc(N)nc32)c1C. The first-order valence-electron chi connectivity index (χ1n) is 10.3. The second-order valence-corrected chi connectivity index (χ2v) is 8.33. The number of carbonyl (C=O) groups is 1. The summed E-state index contributed by atoms with van der Waals surface area (Å²) in [5.74, 6) is 1.33. The van der Waals surface area contributed by atoms with Crippen LogP contribution in [0.25, 0.3) is 0 Å². The Bertz CT molecular complexity index is 976. The van der Waals surface area contributed by atoms with Crippen LogP contribution in [0.4, 0.5) is 11.8 Å². The van der Waals surface area contributed by atoms with Crippen molar-refractivity contribution in [1.82, 2.24) is 19.9 Å². The van der Waals surface area contributed by atoms with E-state index in [1.54, 1.807) is 13.3 Å². The summed E-state index contributed by atoms with van der Waals surface area (Å²) in [7, 11) is 1.66. The third kappa shape index (κ3) is 3.70. The molecule has 0 spiro atoms. The molecule has 1 unspecified atom stereocenters. The van der Waals surface area contributed by atoms with Gasteiger partial charge in [0.1, 0.15) is 16.7 Å². The number of hydrogen-bond acceptors (Lipinski definition) is 8. The average molecular weight is 431 g/mol. The molecule has 4 heterocycles. The minimum atomic E-state index is -0.282. The Hall–Kier alpha value is -2.45. The number of ketones is 1. The second kappa shape index (κ2) is 8.35. The Kier molecular flexibility index (Phi) is 5.79. The van der Waals surface area contributed by atoms with Gasteiger partial charge in [0.25, 0.3) is 0 Å². The fraction of sp³-hybridized carbons (Fsp3) is 0.524. The molecule has 8 nitrogen and oxygen atoms in total. The third-order valence-electron chi connectivity index (χ3n) is 6.03. The van der Waals surface area contributed by atoms with Gasteiger partial charge in [0.15, 0.2) is 5.78 Å². The maximum absolute atomic E-state index is 13.3. The first-order chi connectivity index (χ1) is 14.4. The number of carbonyl (C=O) groups excluding carboxylic acids is 1. The molecule has 0 aliphatic carbocycles. The first kappa shape index (κ1) is 20.8. The highest BCUT2D eigenvalue weighted by Crippen LogP contribution is 2.35. The van der Waals surface area contributed by atoms with Gasteiger partial charge in [-0.05, 0) is 39.8 Å². The van der Waals surface area contributed by atoms with Crippen molar-refractivity contribution in [3.8, 4) is 5.75 Å². The summed E-state index contributed by atoms with van der Waals surface area (Å²) in [6, 6.07) is -0.282. The van der Waals surface area contributed by atoms with E-state index in [4.69, 9.17) is 22.1 Å². The van der Waals surface area contributed by atoms with Crippen LogP contribution in [0.15, 0.2) is 6.20 Å². The number of hydrogen-bond donors (Lipinski definition) is 1. The number of fused-ring (bicyclic) bond motifs is 1. The fourth-order valence-corrected chi connectivity index (χ4v) is 4.75. The predicted molar refractivity (Wildman–Crippen MR) is 116 cm³/mol. The van der Waals surface area contributed by atoms with Crippen LogP contribution in [-0.2, 0) is 6.54 Å². The van der Waals surface area contributed by atoms with Gasteiger partial charge in [0, 0.05) is 23.9 Å². The van der Waals surface area contributed by atoms with Crippen LogP contribution in [0.5, 0.6) is 5.75 Å². The van der Waals surface area contributed by atoms with Gasteiger partial charge in [-0.25, -0.2) is 4.98 Å². The molecule has 160 valence electrons. The standard InChI is InChI=1S/C21H27ClN6O2/c1-12-9-24-14(13(2)18(12)30-3)10-28-11-15(27-7-5-4-6-8-27)17(29)16-19(22)25-21(23)26-20(16)28/h9,15H,4-8,10-11H2,1-3H3,(H2,23,25,26). The monoisotopic (exact) mass is 430 g/mol. The lowest BCUT2D eigenvalue weighted by Gasteiger charge is -2.41. The molecule has 2 aromatic rings. The van der Waals surface area contributed by atoms with Crippen molar-refractivity contribution in [2.75, 3.05) is 37.4 Å². The molecule has 1 fully saturated rings. The number of aromatic nitrogens is 3. The minimum absolute atomic E-state index is 0.0284. The summed E-state index contributed by atoms with van der Waals surface area (Å²) >= 11 is 6.38. The number of anilines is 2. The highest BCUT2D eigenvalue weighted by Gasteiger charge is 2.39. The Morgan fingerprint density at radius 3 is 2.67 bits per heavy atom. The molecule has 30 heavy (non-hydrogen) atoms. The number of halogens is 1. The molecule has 4 rings (SSSR count). The fourth-order valence-electron chi connectivity index (χ4n) is 4.49. The van der Waals surface area contributed by atoms with E-state index < -0.39 is 0 Å². The third-order valence-corrected chi connectivity index (χ3v) is 6.30. The predicted octanol–water partition coefficient (Wildman–Crippen LogP) is 2.79. The minimum Gasteiger partial charge on any atom is -0.496 e. The number of piperidine rings is 1. The summed E-state index contributed by atoms with van der Waals surface area (Å²) in [4.78, 5) is 30.7. The number of nitrogens with zero attached hydrogens (tertiary/aromatic N) is 5. The van der Waals surface area contributed by atoms with Gasteiger partial charge in [0.05, 0.1) is 31.0 Å². The van der Waals surface area contributed by atoms with E-state index in [1.165, 1.54) is 6.42 Å². The van der Waals surface area contributed by atoms with Gasteiger partial charge in [-0.3, -0.25) is 14.7 Å². The number of aryl methyl sites for hydroxylation is 1. The van der Waals surface area contributed by atoms with Crippen molar-refractivity contribution in [3.05, 3.63) is 33.7 Å². The largest absolute Gasteiger partial charge is 0.496 e. The number of likely N-dealkylation sites (tertiary alicyclic amines) is 1. The molecule has 0 saturated carbocycles. The van der Waals surface area contributed by atoms with E-state index >= 15 is 0 Å². The molecule has 1 saturated heterocycles. The number of pyridine rings is 1. The van der Waals surface area contributed by atoms with E-state index in [-0.39, 0.29) is 22.9 Å². The van der Waals surface area contributed by atoms with Crippen LogP contribution in [0.2, 0.25) is 5.15 Å².